The molecule has 34 heavy (non-hydrogen) atoms. The maximum atomic E-state index is 13.0. The van der Waals surface area contributed by atoms with E-state index in [0.29, 0.717) is 28.0 Å². The highest BCUT2D eigenvalue weighted by Gasteiger charge is 2.30. The van der Waals surface area contributed by atoms with Crippen molar-refractivity contribution in [3.05, 3.63) is 107 Å². The molecule has 0 unspecified atom stereocenters. The lowest BCUT2D eigenvalue weighted by atomic mass is 10.1. The van der Waals surface area contributed by atoms with Crippen LogP contribution in [-0.4, -0.2) is 24.3 Å². The lowest BCUT2D eigenvalue weighted by Crippen LogP contribution is -2.23. The van der Waals surface area contributed by atoms with Gasteiger partial charge in [-0.05, 0) is 61.5 Å². The standard InChI is InChI=1S/C25H18F3N5O/c1-16(20-5-2-3-12-29-20)32-14-11-17(15-22(32)34)23-24-21(6-4-13-30-24)33(31-23)19-9-7-18(8-10-19)25(26,27)28/h2-16H,1H3/t16-/m1/s1. The second kappa shape index (κ2) is 8.26. The van der Waals surface area contributed by atoms with Gasteiger partial charge in [-0.1, -0.05) is 6.07 Å². The Morgan fingerprint density at radius 3 is 2.35 bits per heavy atom. The Morgan fingerprint density at radius 1 is 0.912 bits per heavy atom. The number of fused-ring (bicyclic) bond motifs is 1. The summed E-state index contributed by atoms with van der Waals surface area (Å²) >= 11 is 0. The van der Waals surface area contributed by atoms with Crippen molar-refractivity contribution in [2.75, 3.05) is 0 Å². The number of pyridine rings is 3. The van der Waals surface area contributed by atoms with Crippen LogP contribution in [0.5, 0.6) is 0 Å². The minimum atomic E-state index is -4.42. The van der Waals surface area contributed by atoms with Crippen molar-refractivity contribution < 1.29 is 13.2 Å². The highest BCUT2D eigenvalue weighted by molar-refractivity contribution is 5.90. The van der Waals surface area contributed by atoms with Crippen LogP contribution in [0.25, 0.3) is 28.0 Å². The van der Waals surface area contributed by atoms with E-state index in [0.717, 1.165) is 17.8 Å². The molecule has 0 aliphatic heterocycles. The number of nitrogens with zero attached hydrogens (tertiary/aromatic N) is 5. The molecule has 0 aliphatic rings. The Bertz CT molecular complexity index is 1520. The molecule has 0 amide bonds. The Kier molecular flexibility index (Phi) is 5.24. The van der Waals surface area contributed by atoms with Crippen molar-refractivity contribution >= 4 is 11.0 Å². The molecule has 0 saturated carbocycles. The Hall–Kier alpha value is -4.27. The summed E-state index contributed by atoms with van der Waals surface area (Å²) in [5, 5.41) is 4.61. The van der Waals surface area contributed by atoms with E-state index in [9.17, 15) is 18.0 Å². The largest absolute Gasteiger partial charge is 0.416 e. The van der Waals surface area contributed by atoms with Gasteiger partial charge in [0.25, 0.3) is 5.56 Å². The molecule has 5 aromatic rings. The first kappa shape index (κ1) is 21.6. The number of alkyl halides is 3. The molecule has 6 nitrogen and oxygen atoms in total. The van der Waals surface area contributed by atoms with E-state index in [1.165, 1.54) is 22.9 Å². The van der Waals surface area contributed by atoms with Crippen molar-refractivity contribution in [1.82, 2.24) is 24.3 Å². The van der Waals surface area contributed by atoms with Gasteiger partial charge in [0.15, 0.2) is 0 Å². The molecule has 4 aromatic heterocycles. The van der Waals surface area contributed by atoms with E-state index in [1.807, 2.05) is 25.1 Å². The van der Waals surface area contributed by atoms with Crippen molar-refractivity contribution in [2.24, 2.45) is 0 Å². The summed E-state index contributed by atoms with van der Waals surface area (Å²) in [4.78, 5) is 21.7. The molecule has 170 valence electrons. The molecule has 0 bridgehead atoms. The van der Waals surface area contributed by atoms with Crippen LogP contribution < -0.4 is 5.56 Å². The Labute approximate surface area is 192 Å². The predicted molar refractivity (Wildman–Crippen MR) is 122 cm³/mol. The summed E-state index contributed by atoms with van der Waals surface area (Å²) in [7, 11) is 0. The van der Waals surface area contributed by atoms with Crippen molar-refractivity contribution in [2.45, 2.75) is 19.1 Å². The molecule has 4 heterocycles. The average Bonchev–Trinajstić information content (AvgIpc) is 3.23. The van der Waals surface area contributed by atoms with Gasteiger partial charge in [-0.2, -0.15) is 18.3 Å². The van der Waals surface area contributed by atoms with Gasteiger partial charge in [0.05, 0.1) is 28.5 Å². The van der Waals surface area contributed by atoms with Crippen LogP contribution in [-0.2, 0) is 6.18 Å². The Morgan fingerprint density at radius 2 is 1.68 bits per heavy atom. The topological polar surface area (TPSA) is 65.6 Å². The molecule has 1 aromatic carbocycles. The fraction of sp³-hybridized carbons (Fsp3) is 0.120. The molecule has 0 N–H and O–H groups in total. The summed E-state index contributed by atoms with van der Waals surface area (Å²) in [5.41, 5.74) is 2.42. The van der Waals surface area contributed by atoms with Gasteiger partial charge in [-0.3, -0.25) is 14.8 Å². The Balaban J connectivity index is 1.58. The maximum Gasteiger partial charge on any atom is 0.416 e. The zero-order valence-electron chi connectivity index (χ0n) is 17.9. The van der Waals surface area contributed by atoms with Crippen LogP contribution in [0.4, 0.5) is 13.2 Å². The number of rotatable bonds is 4. The monoisotopic (exact) mass is 461 g/mol. The highest BCUT2D eigenvalue weighted by Crippen LogP contribution is 2.31. The second-order valence-corrected chi connectivity index (χ2v) is 7.77. The molecule has 0 radical (unpaired) electrons. The van der Waals surface area contributed by atoms with Gasteiger partial charge in [0, 0.05) is 30.2 Å². The second-order valence-electron chi connectivity index (χ2n) is 7.77. The molecular formula is C25H18F3N5O. The third-order valence-corrected chi connectivity index (χ3v) is 5.63. The maximum absolute atomic E-state index is 13.0. The first-order valence-corrected chi connectivity index (χ1v) is 10.5. The van der Waals surface area contributed by atoms with E-state index in [1.54, 1.807) is 41.4 Å². The summed E-state index contributed by atoms with van der Waals surface area (Å²) in [5.74, 6) is 0. The zero-order chi connectivity index (χ0) is 23.9. The molecule has 0 aliphatic carbocycles. The molecule has 0 spiro atoms. The van der Waals surface area contributed by atoms with E-state index in [4.69, 9.17) is 0 Å². The number of benzene rings is 1. The zero-order valence-corrected chi connectivity index (χ0v) is 17.9. The quantitative estimate of drug-likeness (QED) is 0.366. The lowest BCUT2D eigenvalue weighted by Gasteiger charge is -2.14. The number of halogens is 3. The van der Waals surface area contributed by atoms with Gasteiger partial charge in [0.2, 0.25) is 0 Å². The number of hydrogen-bond donors (Lipinski definition) is 0. The lowest BCUT2D eigenvalue weighted by molar-refractivity contribution is -0.137. The SMILES string of the molecule is C[C@H](c1ccccn1)n1ccc(-c2nn(-c3ccc(C(F)(F)F)cc3)c3cccnc23)cc1=O. The summed E-state index contributed by atoms with van der Waals surface area (Å²) in [6.07, 6.45) is 0.544. The number of hydrogen-bond acceptors (Lipinski definition) is 4. The van der Waals surface area contributed by atoms with Gasteiger partial charge in [-0.15, -0.1) is 0 Å². The minimum Gasteiger partial charge on any atom is -0.307 e. The normalized spacial score (nSPS) is 12.7. The van der Waals surface area contributed by atoms with Crippen molar-refractivity contribution in [3.63, 3.8) is 0 Å². The molecule has 1 atom stereocenters. The van der Waals surface area contributed by atoms with Crippen LogP contribution in [0.1, 0.15) is 24.2 Å². The van der Waals surface area contributed by atoms with E-state index in [-0.39, 0.29) is 11.6 Å². The summed E-state index contributed by atoms with van der Waals surface area (Å²) in [6, 6.07) is 16.8. The van der Waals surface area contributed by atoms with Gasteiger partial charge in [0.1, 0.15) is 11.2 Å². The van der Waals surface area contributed by atoms with Crippen LogP contribution in [0.15, 0.2) is 90.1 Å². The smallest absolute Gasteiger partial charge is 0.307 e. The van der Waals surface area contributed by atoms with Crippen molar-refractivity contribution in [3.8, 4) is 16.9 Å². The van der Waals surface area contributed by atoms with E-state index >= 15 is 0 Å². The summed E-state index contributed by atoms with van der Waals surface area (Å²) in [6.45, 7) is 1.89. The third-order valence-electron chi connectivity index (χ3n) is 5.63. The molecular weight excluding hydrogens is 443 g/mol. The van der Waals surface area contributed by atoms with Crippen LogP contribution in [0.2, 0.25) is 0 Å². The molecule has 0 saturated heterocycles. The van der Waals surface area contributed by atoms with E-state index in [2.05, 4.69) is 15.1 Å². The first-order chi connectivity index (χ1) is 16.3. The molecule has 5 rings (SSSR count). The first-order valence-electron chi connectivity index (χ1n) is 10.5. The van der Waals surface area contributed by atoms with Crippen LogP contribution in [0, 0.1) is 0 Å². The fourth-order valence-electron chi connectivity index (χ4n) is 3.86. The molecule has 9 heteroatoms. The highest BCUT2D eigenvalue weighted by atomic mass is 19.4. The minimum absolute atomic E-state index is 0.233. The van der Waals surface area contributed by atoms with E-state index < -0.39 is 11.7 Å². The molecule has 0 fully saturated rings. The van der Waals surface area contributed by atoms with Crippen molar-refractivity contribution in [1.29, 1.82) is 0 Å². The van der Waals surface area contributed by atoms with Gasteiger partial charge < -0.3 is 4.57 Å². The number of aromatic nitrogens is 5. The van der Waals surface area contributed by atoms with Crippen LogP contribution >= 0.6 is 0 Å². The average molecular weight is 461 g/mol. The fourth-order valence-corrected chi connectivity index (χ4v) is 3.86. The third kappa shape index (κ3) is 3.85. The predicted octanol–water partition coefficient (Wildman–Crippen LogP) is 5.27. The van der Waals surface area contributed by atoms with Gasteiger partial charge in [-0.25, -0.2) is 4.68 Å². The van der Waals surface area contributed by atoms with Gasteiger partial charge >= 0.3 is 6.18 Å². The van der Waals surface area contributed by atoms with Crippen LogP contribution in [0.3, 0.4) is 0 Å². The summed E-state index contributed by atoms with van der Waals surface area (Å²) < 4.78 is 42.0.